The van der Waals surface area contributed by atoms with Crippen molar-refractivity contribution < 1.29 is 18.3 Å². The molecule has 2 N–H and O–H groups in total. The number of nitrogens with zero attached hydrogens (tertiary/aromatic N) is 1. The van der Waals surface area contributed by atoms with E-state index in [4.69, 9.17) is 4.74 Å². The van der Waals surface area contributed by atoms with Crippen LogP contribution < -0.4 is 15.4 Å². The largest absolute Gasteiger partial charge is 0.470 e. The first-order valence-electron chi connectivity index (χ1n) is 6.93. The van der Waals surface area contributed by atoms with Gasteiger partial charge >= 0.3 is 5.92 Å². The maximum absolute atomic E-state index is 13.8. The normalized spacial score (nSPS) is 16.5. The molecular formula is C14H19F2N3O2. The Labute approximate surface area is 122 Å². The van der Waals surface area contributed by atoms with E-state index in [1.165, 1.54) is 6.20 Å². The molecular weight excluding hydrogens is 280 g/mol. The van der Waals surface area contributed by atoms with Gasteiger partial charge in [-0.25, -0.2) is 4.98 Å². The number of aryl methyl sites for hydroxylation is 1. The number of piperidine rings is 1. The van der Waals surface area contributed by atoms with Crippen molar-refractivity contribution >= 4 is 5.91 Å². The van der Waals surface area contributed by atoms with Gasteiger partial charge in [-0.15, -0.1) is 0 Å². The number of ether oxygens (including phenoxy) is 1. The molecule has 0 unspecified atom stereocenters. The fourth-order valence-corrected chi connectivity index (χ4v) is 2.10. The number of hydrogen-bond acceptors (Lipinski definition) is 4. The predicted molar refractivity (Wildman–Crippen MR) is 73.5 cm³/mol. The molecule has 1 aliphatic rings. The van der Waals surface area contributed by atoms with Crippen molar-refractivity contribution in [2.45, 2.75) is 31.7 Å². The second-order valence-corrected chi connectivity index (χ2v) is 5.12. The summed E-state index contributed by atoms with van der Waals surface area (Å²) in [5.41, 5.74) is 0.645. The topological polar surface area (TPSA) is 63.2 Å². The lowest BCUT2D eigenvalue weighted by Gasteiger charge is -2.26. The number of hydrogen-bond donors (Lipinski definition) is 2. The van der Waals surface area contributed by atoms with Gasteiger partial charge in [0.05, 0.1) is 0 Å². The monoisotopic (exact) mass is 299 g/mol. The molecule has 21 heavy (non-hydrogen) atoms. The Hall–Kier alpha value is -1.76. The highest BCUT2D eigenvalue weighted by atomic mass is 19.3. The molecule has 1 aliphatic heterocycles. The Balaban J connectivity index is 1.88. The smallest absolute Gasteiger partial charge is 0.357 e. The lowest BCUT2D eigenvalue weighted by Crippen LogP contribution is -2.50. The van der Waals surface area contributed by atoms with Crippen molar-refractivity contribution in [2.24, 2.45) is 0 Å². The van der Waals surface area contributed by atoms with Crippen LogP contribution >= 0.6 is 0 Å². The van der Waals surface area contributed by atoms with Crippen LogP contribution in [0, 0.1) is 6.92 Å². The van der Waals surface area contributed by atoms with Crippen molar-refractivity contribution in [2.75, 3.05) is 19.7 Å². The van der Waals surface area contributed by atoms with Gasteiger partial charge in [-0.1, -0.05) is 6.07 Å². The number of aromatic nitrogens is 1. The second-order valence-electron chi connectivity index (χ2n) is 5.12. The Bertz CT molecular complexity index is 491. The molecule has 7 heteroatoms. The second kappa shape index (κ2) is 6.80. The molecule has 0 bridgehead atoms. The van der Waals surface area contributed by atoms with E-state index in [0.717, 1.165) is 13.1 Å². The molecule has 2 rings (SSSR count). The van der Waals surface area contributed by atoms with E-state index in [0.29, 0.717) is 18.4 Å². The van der Waals surface area contributed by atoms with Crippen molar-refractivity contribution in [1.82, 2.24) is 15.6 Å². The molecule has 1 aromatic rings. The van der Waals surface area contributed by atoms with Gasteiger partial charge in [0.25, 0.3) is 5.91 Å². The molecule has 0 saturated carbocycles. The number of carbonyl (C=O) groups excluding carboxylic acids is 1. The molecule has 1 aromatic heterocycles. The predicted octanol–water partition coefficient (Wildman–Crippen LogP) is 1.27. The van der Waals surface area contributed by atoms with Gasteiger partial charge in [0.15, 0.2) is 6.61 Å². The van der Waals surface area contributed by atoms with Gasteiger partial charge < -0.3 is 15.4 Å². The minimum absolute atomic E-state index is 0.117. The summed E-state index contributed by atoms with van der Waals surface area (Å²) in [7, 11) is 0. The number of pyridine rings is 1. The number of halogens is 2. The maximum Gasteiger partial charge on any atom is 0.357 e. The SMILES string of the molecule is Cc1cccnc1OCC(F)(F)C(=O)NC1CCNCC1. The molecule has 2 heterocycles. The molecule has 1 amide bonds. The number of amides is 1. The van der Waals surface area contributed by atoms with Crippen LogP contribution in [0.15, 0.2) is 18.3 Å². The average Bonchev–Trinajstić information content (AvgIpc) is 2.47. The third kappa shape index (κ3) is 4.35. The van der Waals surface area contributed by atoms with Crippen LogP contribution in [0.3, 0.4) is 0 Å². The molecule has 5 nitrogen and oxygen atoms in total. The zero-order valence-corrected chi connectivity index (χ0v) is 11.9. The van der Waals surface area contributed by atoms with Crippen LogP contribution in [0.5, 0.6) is 5.88 Å². The zero-order chi connectivity index (χ0) is 15.3. The van der Waals surface area contributed by atoms with E-state index in [2.05, 4.69) is 15.6 Å². The van der Waals surface area contributed by atoms with Crippen molar-refractivity contribution in [3.63, 3.8) is 0 Å². The van der Waals surface area contributed by atoms with E-state index < -0.39 is 18.4 Å². The number of alkyl halides is 2. The summed E-state index contributed by atoms with van der Waals surface area (Å²) in [5.74, 6) is -4.75. The van der Waals surface area contributed by atoms with E-state index in [1.807, 2.05) is 0 Å². The van der Waals surface area contributed by atoms with Gasteiger partial charge in [-0.05, 0) is 38.9 Å². The Morgan fingerprint density at radius 2 is 2.24 bits per heavy atom. The number of nitrogens with one attached hydrogen (secondary N) is 2. The highest BCUT2D eigenvalue weighted by Crippen LogP contribution is 2.19. The fourth-order valence-electron chi connectivity index (χ4n) is 2.10. The van der Waals surface area contributed by atoms with Crippen LogP contribution in [0.2, 0.25) is 0 Å². The first kappa shape index (κ1) is 15.6. The summed E-state index contributed by atoms with van der Waals surface area (Å²) in [6, 6.07) is 3.18. The number of rotatable bonds is 5. The van der Waals surface area contributed by atoms with Gasteiger partial charge in [0.1, 0.15) is 0 Å². The van der Waals surface area contributed by atoms with Crippen LogP contribution in [-0.2, 0) is 4.79 Å². The van der Waals surface area contributed by atoms with Crippen molar-refractivity contribution in [1.29, 1.82) is 0 Å². The average molecular weight is 299 g/mol. The van der Waals surface area contributed by atoms with Crippen LogP contribution in [0.4, 0.5) is 8.78 Å². The van der Waals surface area contributed by atoms with Gasteiger partial charge in [0.2, 0.25) is 5.88 Å². The molecule has 116 valence electrons. The maximum atomic E-state index is 13.8. The summed E-state index contributed by atoms with van der Waals surface area (Å²) < 4.78 is 32.6. The van der Waals surface area contributed by atoms with Gasteiger partial charge in [-0.3, -0.25) is 4.79 Å². The van der Waals surface area contributed by atoms with E-state index >= 15 is 0 Å². The number of carbonyl (C=O) groups is 1. The molecule has 1 saturated heterocycles. The summed E-state index contributed by atoms with van der Waals surface area (Å²) >= 11 is 0. The highest BCUT2D eigenvalue weighted by Gasteiger charge is 2.41. The van der Waals surface area contributed by atoms with Gasteiger partial charge in [-0.2, -0.15) is 8.78 Å². The summed E-state index contributed by atoms with van der Waals surface area (Å²) in [5, 5.41) is 5.49. The Kier molecular flexibility index (Phi) is 5.06. The molecule has 0 spiro atoms. The van der Waals surface area contributed by atoms with Crippen molar-refractivity contribution in [3.05, 3.63) is 23.9 Å². The standard InChI is InChI=1S/C14H19F2N3O2/c1-10-3-2-6-18-12(10)21-9-14(15,16)13(20)19-11-4-7-17-8-5-11/h2-3,6,11,17H,4-5,7-9H2,1H3,(H,19,20). The molecule has 1 fully saturated rings. The lowest BCUT2D eigenvalue weighted by atomic mass is 10.1. The first-order chi connectivity index (χ1) is 9.99. The molecule has 0 aliphatic carbocycles. The summed E-state index contributed by atoms with van der Waals surface area (Å²) in [4.78, 5) is 15.5. The van der Waals surface area contributed by atoms with E-state index in [9.17, 15) is 13.6 Å². The van der Waals surface area contributed by atoms with E-state index in [-0.39, 0.29) is 11.9 Å². The quantitative estimate of drug-likeness (QED) is 0.859. The summed E-state index contributed by atoms with van der Waals surface area (Å²) in [6.07, 6.45) is 2.76. The third-order valence-electron chi connectivity index (χ3n) is 3.36. The van der Waals surface area contributed by atoms with Gasteiger partial charge in [0, 0.05) is 17.8 Å². The third-order valence-corrected chi connectivity index (χ3v) is 3.36. The van der Waals surface area contributed by atoms with Crippen LogP contribution in [0.1, 0.15) is 18.4 Å². The minimum Gasteiger partial charge on any atom is -0.470 e. The van der Waals surface area contributed by atoms with Crippen LogP contribution in [-0.4, -0.2) is 42.6 Å². The Morgan fingerprint density at radius 1 is 1.52 bits per heavy atom. The first-order valence-corrected chi connectivity index (χ1v) is 6.93. The summed E-state index contributed by atoms with van der Waals surface area (Å²) in [6.45, 7) is 2.14. The zero-order valence-electron chi connectivity index (χ0n) is 11.9. The van der Waals surface area contributed by atoms with Crippen LogP contribution in [0.25, 0.3) is 0 Å². The molecule has 0 radical (unpaired) electrons. The molecule has 0 aromatic carbocycles. The molecule has 0 atom stereocenters. The Morgan fingerprint density at radius 3 is 2.90 bits per heavy atom. The lowest BCUT2D eigenvalue weighted by molar-refractivity contribution is -0.150. The fraction of sp³-hybridized carbons (Fsp3) is 0.571. The van der Waals surface area contributed by atoms with E-state index in [1.54, 1.807) is 19.1 Å². The highest BCUT2D eigenvalue weighted by molar-refractivity contribution is 5.83. The van der Waals surface area contributed by atoms with Crippen molar-refractivity contribution in [3.8, 4) is 5.88 Å². The minimum atomic E-state index is -3.57.